The van der Waals surface area contributed by atoms with Gasteiger partial charge in [0.2, 0.25) is 0 Å². The molecule has 6 heteroatoms. The van der Waals surface area contributed by atoms with E-state index in [0.29, 0.717) is 12.4 Å². The third-order valence-electron chi connectivity index (χ3n) is 2.63. The maximum atomic E-state index is 8.87. The number of nitriles is 1. The van der Waals surface area contributed by atoms with E-state index in [4.69, 9.17) is 10.00 Å². The van der Waals surface area contributed by atoms with Crippen molar-refractivity contribution >= 4 is 22.8 Å². The third-order valence-corrected chi connectivity index (χ3v) is 3.60. The Morgan fingerprint density at radius 1 is 1.58 bits per heavy atom. The Morgan fingerprint density at radius 3 is 3.11 bits per heavy atom. The molecule has 0 fully saturated rings. The molecule has 1 aromatic carbocycles. The molecule has 19 heavy (non-hydrogen) atoms. The number of nitrogens with one attached hydrogen (secondary N) is 2. The van der Waals surface area contributed by atoms with Crippen molar-refractivity contribution in [3.05, 3.63) is 18.2 Å². The Morgan fingerprint density at radius 2 is 2.42 bits per heavy atom. The SMILES string of the molecule is CCOc1ccc2nc(SCC(C#N)NC)[nH]c2c1. The van der Waals surface area contributed by atoms with Crippen LogP contribution in [-0.2, 0) is 0 Å². The third kappa shape index (κ3) is 3.40. The molecule has 2 aromatic rings. The number of nitrogens with zero attached hydrogens (tertiary/aromatic N) is 2. The molecular formula is C13H16N4OS. The van der Waals surface area contributed by atoms with Crippen molar-refractivity contribution in [2.45, 2.75) is 18.1 Å². The van der Waals surface area contributed by atoms with Crippen LogP contribution in [0.1, 0.15) is 6.92 Å². The van der Waals surface area contributed by atoms with Gasteiger partial charge in [-0.3, -0.25) is 0 Å². The van der Waals surface area contributed by atoms with E-state index < -0.39 is 0 Å². The average molecular weight is 276 g/mol. The van der Waals surface area contributed by atoms with E-state index in [1.807, 2.05) is 25.1 Å². The summed E-state index contributed by atoms with van der Waals surface area (Å²) in [5.41, 5.74) is 1.86. The number of fused-ring (bicyclic) bond motifs is 1. The summed E-state index contributed by atoms with van der Waals surface area (Å²) in [5, 5.41) is 12.6. The lowest BCUT2D eigenvalue weighted by atomic mass is 10.3. The van der Waals surface area contributed by atoms with Gasteiger partial charge >= 0.3 is 0 Å². The molecule has 0 amide bonds. The predicted octanol–water partition coefficient (Wildman–Crippen LogP) is 2.17. The van der Waals surface area contributed by atoms with Gasteiger partial charge in [0.25, 0.3) is 0 Å². The smallest absolute Gasteiger partial charge is 0.166 e. The fourth-order valence-electron chi connectivity index (χ4n) is 1.64. The zero-order valence-electron chi connectivity index (χ0n) is 10.9. The van der Waals surface area contributed by atoms with Crippen molar-refractivity contribution in [1.82, 2.24) is 15.3 Å². The van der Waals surface area contributed by atoms with Crippen molar-refractivity contribution in [2.24, 2.45) is 0 Å². The normalized spacial score (nSPS) is 12.3. The number of imidazole rings is 1. The van der Waals surface area contributed by atoms with E-state index in [1.165, 1.54) is 11.8 Å². The van der Waals surface area contributed by atoms with Gasteiger partial charge in [0.05, 0.1) is 23.7 Å². The molecule has 0 saturated carbocycles. The lowest BCUT2D eigenvalue weighted by molar-refractivity contribution is 0.340. The van der Waals surface area contributed by atoms with Crippen LogP contribution < -0.4 is 10.1 Å². The molecule has 0 radical (unpaired) electrons. The quantitative estimate of drug-likeness (QED) is 0.791. The Hall–Kier alpha value is -1.71. The molecule has 0 aliphatic rings. The van der Waals surface area contributed by atoms with Crippen LogP contribution in [0.2, 0.25) is 0 Å². The Balaban J connectivity index is 2.11. The largest absolute Gasteiger partial charge is 0.494 e. The molecule has 0 aliphatic carbocycles. The lowest BCUT2D eigenvalue weighted by Gasteiger charge is -2.04. The van der Waals surface area contributed by atoms with E-state index >= 15 is 0 Å². The summed E-state index contributed by atoms with van der Waals surface area (Å²) in [6.07, 6.45) is 0. The van der Waals surface area contributed by atoms with E-state index in [-0.39, 0.29) is 6.04 Å². The second-order valence-electron chi connectivity index (χ2n) is 3.94. The summed E-state index contributed by atoms with van der Waals surface area (Å²) < 4.78 is 5.45. The monoisotopic (exact) mass is 276 g/mol. The molecule has 1 unspecified atom stereocenters. The molecule has 1 heterocycles. The highest BCUT2D eigenvalue weighted by atomic mass is 32.2. The number of hydrogen-bond donors (Lipinski definition) is 2. The maximum Gasteiger partial charge on any atom is 0.166 e. The molecule has 2 N–H and O–H groups in total. The van der Waals surface area contributed by atoms with Crippen LogP contribution in [0.5, 0.6) is 5.75 Å². The van der Waals surface area contributed by atoms with Gasteiger partial charge in [0.1, 0.15) is 11.8 Å². The topological polar surface area (TPSA) is 73.7 Å². The summed E-state index contributed by atoms with van der Waals surface area (Å²) >= 11 is 1.53. The van der Waals surface area contributed by atoms with Crippen LogP contribution in [0.4, 0.5) is 0 Å². The van der Waals surface area contributed by atoms with Gasteiger partial charge < -0.3 is 15.0 Å². The summed E-state index contributed by atoms with van der Waals surface area (Å²) in [7, 11) is 1.78. The minimum absolute atomic E-state index is 0.169. The summed E-state index contributed by atoms with van der Waals surface area (Å²) in [4.78, 5) is 7.70. The molecule has 2 rings (SSSR count). The molecule has 100 valence electrons. The minimum atomic E-state index is -0.169. The van der Waals surface area contributed by atoms with Crippen LogP contribution in [-0.4, -0.2) is 35.4 Å². The number of rotatable bonds is 6. The number of benzene rings is 1. The minimum Gasteiger partial charge on any atom is -0.494 e. The van der Waals surface area contributed by atoms with E-state index in [9.17, 15) is 0 Å². The predicted molar refractivity (Wildman–Crippen MR) is 76.4 cm³/mol. The Bertz CT molecular complexity index is 590. The van der Waals surface area contributed by atoms with Crippen molar-refractivity contribution in [3.63, 3.8) is 0 Å². The van der Waals surface area contributed by atoms with E-state index in [2.05, 4.69) is 21.4 Å². The molecule has 0 saturated heterocycles. The second-order valence-corrected chi connectivity index (χ2v) is 4.94. The van der Waals surface area contributed by atoms with Crippen LogP contribution >= 0.6 is 11.8 Å². The highest BCUT2D eigenvalue weighted by Gasteiger charge is 2.08. The molecular weight excluding hydrogens is 260 g/mol. The summed E-state index contributed by atoms with van der Waals surface area (Å²) in [5.74, 6) is 1.49. The van der Waals surface area contributed by atoms with Gasteiger partial charge in [-0.25, -0.2) is 4.98 Å². The number of aromatic nitrogens is 2. The number of aromatic amines is 1. The first-order valence-corrected chi connectivity index (χ1v) is 7.07. The average Bonchev–Trinajstić information content (AvgIpc) is 2.82. The van der Waals surface area contributed by atoms with Crippen LogP contribution in [0.25, 0.3) is 11.0 Å². The number of hydrogen-bond acceptors (Lipinski definition) is 5. The number of H-pyrrole nitrogens is 1. The number of ether oxygens (including phenoxy) is 1. The van der Waals surface area contributed by atoms with Gasteiger partial charge in [-0.05, 0) is 26.1 Å². The first-order chi connectivity index (χ1) is 9.26. The number of thioether (sulfide) groups is 1. The van der Waals surface area contributed by atoms with E-state index in [1.54, 1.807) is 7.05 Å². The van der Waals surface area contributed by atoms with Crippen molar-refractivity contribution in [3.8, 4) is 11.8 Å². The molecule has 0 bridgehead atoms. The molecule has 5 nitrogen and oxygen atoms in total. The lowest BCUT2D eigenvalue weighted by Crippen LogP contribution is -2.25. The van der Waals surface area contributed by atoms with E-state index in [0.717, 1.165) is 21.9 Å². The van der Waals surface area contributed by atoms with Gasteiger partial charge in [0.15, 0.2) is 5.16 Å². The zero-order valence-corrected chi connectivity index (χ0v) is 11.8. The fourth-order valence-corrected chi connectivity index (χ4v) is 2.55. The van der Waals surface area contributed by atoms with Gasteiger partial charge in [-0.2, -0.15) is 5.26 Å². The van der Waals surface area contributed by atoms with Crippen molar-refractivity contribution in [1.29, 1.82) is 5.26 Å². The fraction of sp³-hybridized carbons (Fsp3) is 0.385. The van der Waals surface area contributed by atoms with Crippen LogP contribution in [0.3, 0.4) is 0 Å². The second kappa shape index (κ2) is 6.45. The first-order valence-electron chi connectivity index (χ1n) is 6.09. The Labute approximate surface area is 116 Å². The Kier molecular flexibility index (Phi) is 4.66. The van der Waals surface area contributed by atoms with Crippen molar-refractivity contribution < 1.29 is 4.74 Å². The molecule has 0 aliphatic heterocycles. The molecule has 1 atom stereocenters. The van der Waals surface area contributed by atoms with Crippen molar-refractivity contribution in [2.75, 3.05) is 19.4 Å². The van der Waals surface area contributed by atoms with Crippen LogP contribution in [0, 0.1) is 11.3 Å². The van der Waals surface area contributed by atoms with Crippen LogP contribution in [0.15, 0.2) is 23.4 Å². The zero-order chi connectivity index (χ0) is 13.7. The van der Waals surface area contributed by atoms with Gasteiger partial charge in [0, 0.05) is 11.8 Å². The van der Waals surface area contributed by atoms with Gasteiger partial charge in [-0.1, -0.05) is 11.8 Å². The first kappa shape index (κ1) is 13.7. The highest BCUT2D eigenvalue weighted by Crippen LogP contribution is 2.23. The highest BCUT2D eigenvalue weighted by molar-refractivity contribution is 7.99. The standard InChI is InChI=1S/C13H16N4OS/c1-3-18-10-4-5-11-12(6-10)17-13(16-11)19-8-9(7-14)15-2/h4-6,9,15H,3,8H2,1-2H3,(H,16,17). The molecule has 0 spiro atoms. The molecule has 1 aromatic heterocycles. The summed E-state index contributed by atoms with van der Waals surface area (Å²) in [6.45, 7) is 2.60. The maximum absolute atomic E-state index is 8.87. The van der Waals surface area contributed by atoms with Gasteiger partial charge in [-0.15, -0.1) is 0 Å². The summed E-state index contributed by atoms with van der Waals surface area (Å²) in [6, 6.07) is 7.80.